The van der Waals surface area contributed by atoms with Crippen molar-refractivity contribution in [2.45, 2.75) is 32.7 Å². The number of ether oxygens (including phenoxy) is 1. The van der Waals surface area contributed by atoms with E-state index in [4.69, 9.17) is 4.74 Å². The van der Waals surface area contributed by atoms with Crippen LogP contribution in [0.1, 0.15) is 36.5 Å². The van der Waals surface area contributed by atoms with Crippen molar-refractivity contribution in [2.24, 2.45) is 0 Å². The van der Waals surface area contributed by atoms with Crippen LogP contribution in [0.2, 0.25) is 0 Å². The lowest BCUT2D eigenvalue weighted by Crippen LogP contribution is -2.25. The smallest absolute Gasteiger partial charge is 0.220 e. The first-order chi connectivity index (χ1) is 13.7. The van der Waals surface area contributed by atoms with Gasteiger partial charge in [0.15, 0.2) is 5.78 Å². The molecule has 0 aliphatic carbocycles. The monoisotopic (exact) mass is 378 g/mol. The Hall–Kier alpha value is -3.08. The minimum absolute atomic E-state index is 0.0305. The summed E-state index contributed by atoms with van der Waals surface area (Å²) >= 11 is 0. The van der Waals surface area contributed by atoms with Gasteiger partial charge >= 0.3 is 0 Å². The van der Waals surface area contributed by atoms with Crippen LogP contribution in [-0.4, -0.2) is 29.4 Å². The fraction of sp³-hybridized carbons (Fsp3) is 0.304. The molecule has 3 rings (SSSR count). The van der Waals surface area contributed by atoms with Gasteiger partial charge in [-0.15, -0.1) is 0 Å². The number of nitrogens with one attached hydrogen (secondary N) is 1. The number of rotatable bonds is 10. The van der Waals surface area contributed by atoms with Crippen molar-refractivity contribution >= 4 is 22.6 Å². The van der Waals surface area contributed by atoms with Crippen molar-refractivity contribution in [2.75, 3.05) is 13.2 Å². The molecule has 146 valence electrons. The van der Waals surface area contributed by atoms with E-state index in [2.05, 4.69) is 34.3 Å². The molecule has 0 bridgehead atoms. The second-order valence-corrected chi connectivity index (χ2v) is 6.65. The van der Waals surface area contributed by atoms with Crippen LogP contribution in [-0.2, 0) is 11.3 Å². The molecule has 0 aliphatic heterocycles. The highest BCUT2D eigenvalue weighted by atomic mass is 16.5. The Morgan fingerprint density at radius 3 is 2.57 bits per heavy atom. The van der Waals surface area contributed by atoms with Gasteiger partial charge in [-0.05, 0) is 55.1 Å². The molecule has 0 spiro atoms. The van der Waals surface area contributed by atoms with Crippen molar-refractivity contribution < 1.29 is 14.3 Å². The molecule has 0 atom stereocenters. The molecule has 28 heavy (non-hydrogen) atoms. The molecule has 0 radical (unpaired) electrons. The maximum Gasteiger partial charge on any atom is 0.220 e. The number of nitrogens with zero attached hydrogens (tertiary/aromatic N) is 1. The van der Waals surface area contributed by atoms with Crippen molar-refractivity contribution in [1.82, 2.24) is 9.88 Å². The van der Waals surface area contributed by atoms with Crippen LogP contribution in [0.25, 0.3) is 10.9 Å². The van der Waals surface area contributed by atoms with Crippen molar-refractivity contribution in [3.05, 3.63) is 66.4 Å². The summed E-state index contributed by atoms with van der Waals surface area (Å²) in [6.07, 6.45) is 3.33. The van der Waals surface area contributed by atoms with E-state index in [1.165, 1.54) is 10.9 Å². The number of ketones is 1. The van der Waals surface area contributed by atoms with Crippen molar-refractivity contribution in [3.63, 3.8) is 0 Å². The Morgan fingerprint density at radius 1 is 1.00 bits per heavy atom. The highest BCUT2D eigenvalue weighted by molar-refractivity contribution is 5.98. The molecule has 5 nitrogen and oxygen atoms in total. The third-order valence-electron chi connectivity index (χ3n) is 4.64. The van der Waals surface area contributed by atoms with Gasteiger partial charge in [0.2, 0.25) is 5.91 Å². The number of fused-ring (bicyclic) bond motifs is 1. The van der Waals surface area contributed by atoms with E-state index in [0.717, 1.165) is 18.7 Å². The van der Waals surface area contributed by atoms with E-state index in [-0.39, 0.29) is 24.5 Å². The summed E-state index contributed by atoms with van der Waals surface area (Å²) in [5.41, 5.74) is 1.81. The number of para-hydroxylation sites is 1. The fourth-order valence-corrected chi connectivity index (χ4v) is 3.18. The summed E-state index contributed by atoms with van der Waals surface area (Å²) in [4.78, 5) is 24.2. The van der Waals surface area contributed by atoms with Gasteiger partial charge in [0.05, 0.1) is 6.61 Å². The summed E-state index contributed by atoms with van der Waals surface area (Å²) in [6, 6.07) is 17.4. The molecule has 5 heteroatoms. The van der Waals surface area contributed by atoms with Gasteiger partial charge in [-0.2, -0.15) is 0 Å². The second-order valence-electron chi connectivity index (χ2n) is 6.65. The predicted molar refractivity (Wildman–Crippen MR) is 111 cm³/mol. The zero-order valence-electron chi connectivity index (χ0n) is 16.2. The number of benzene rings is 2. The molecule has 1 amide bonds. The van der Waals surface area contributed by atoms with Crippen LogP contribution < -0.4 is 10.1 Å². The quantitative estimate of drug-likeness (QED) is 0.425. The van der Waals surface area contributed by atoms with Gasteiger partial charge in [0.25, 0.3) is 0 Å². The number of hydrogen-bond acceptors (Lipinski definition) is 3. The zero-order valence-corrected chi connectivity index (χ0v) is 16.2. The molecule has 3 aromatic rings. The van der Waals surface area contributed by atoms with E-state index >= 15 is 0 Å². The maximum absolute atomic E-state index is 12.2. The highest BCUT2D eigenvalue weighted by Gasteiger charge is 2.09. The lowest BCUT2D eigenvalue weighted by molar-refractivity contribution is -0.121. The van der Waals surface area contributed by atoms with Gasteiger partial charge in [-0.1, -0.05) is 18.2 Å². The minimum atomic E-state index is -0.0864. The number of aromatic nitrogens is 1. The maximum atomic E-state index is 12.2. The number of amides is 1. The van der Waals surface area contributed by atoms with Gasteiger partial charge in [0.1, 0.15) is 5.75 Å². The van der Waals surface area contributed by atoms with Crippen LogP contribution in [0.15, 0.2) is 60.8 Å². The topological polar surface area (TPSA) is 60.3 Å². The Kier molecular flexibility index (Phi) is 6.84. The van der Waals surface area contributed by atoms with E-state index < -0.39 is 0 Å². The first-order valence-electron chi connectivity index (χ1n) is 9.74. The molecule has 1 aromatic heterocycles. The molecule has 1 N–H and O–H groups in total. The number of carbonyl (C=O) groups excluding carboxylic acids is 2. The summed E-state index contributed by atoms with van der Waals surface area (Å²) < 4.78 is 7.56. The average Bonchev–Trinajstić information content (AvgIpc) is 3.13. The summed E-state index contributed by atoms with van der Waals surface area (Å²) in [5.74, 6) is 0.626. The van der Waals surface area contributed by atoms with Crippen LogP contribution in [0.3, 0.4) is 0 Å². The van der Waals surface area contributed by atoms with Crippen LogP contribution in [0, 0.1) is 0 Å². The standard InChI is InChI=1S/C23H26N2O3/c1-2-28-20-10-8-19(9-11-20)22(26)12-13-23(27)24-15-5-16-25-17-14-18-6-3-4-7-21(18)25/h3-4,6-11,14,17H,2,5,12-13,15-16H2,1H3,(H,24,27). The number of carbonyl (C=O) groups is 2. The van der Waals surface area contributed by atoms with E-state index in [1.54, 1.807) is 24.3 Å². The Bertz CT molecular complexity index is 928. The lowest BCUT2D eigenvalue weighted by atomic mass is 10.1. The van der Waals surface area contributed by atoms with Crippen molar-refractivity contribution in [3.8, 4) is 5.75 Å². The molecule has 0 fully saturated rings. The number of Topliss-reactive ketones (excluding diaryl/α,β-unsaturated/α-hetero) is 1. The number of hydrogen-bond donors (Lipinski definition) is 1. The first-order valence-corrected chi connectivity index (χ1v) is 9.74. The molecule has 0 saturated carbocycles. The summed E-state index contributed by atoms with van der Waals surface area (Å²) in [5, 5.41) is 4.12. The second kappa shape index (κ2) is 9.74. The summed E-state index contributed by atoms with van der Waals surface area (Å²) in [7, 11) is 0. The van der Waals surface area contributed by atoms with Gasteiger partial charge < -0.3 is 14.6 Å². The Labute approximate surface area is 165 Å². The Morgan fingerprint density at radius 2 is 1.79 bits per heavy atom. The number of aryl methyl sites for hydroxylation is 1. The third kappa shape index (κ3) is 5.22. The van der Waals surface area contributed by atoms with Gasteiger partial charge in [-0.3, -0.25) is 9.59 Å². The van der Waals surface area contributed by atoms with Crippen LogP contribution in [0.4, 0.5) is 0 Å². The molecule has 0 unspecified atom stereocenters. The van der Waals surface area contributed by atoms with Crippen LogP contribution in [0.5, 0.6) is 5.75 Å². The average molecular weight is 378 g/mol. The highest BCUT2D eigenvalue weighted by Crippen LogP contribution is 2.15. The minimum Gasteiger partial charge on any atom is -0.494 e. The van der Waals surface area contributed by atoms with Gasteiger partial charge in [0, 0.05) is 43.2 Å². The largest absolute Gasteiger partial charge is 0.494 e. The SMILES string of the molecule is CCOc1ccc(C(=O)CCC(=O)NCCCn2ccc3ccccc32)cc1. The molecular formula is C23H26N2O3. The Balaban J connectivity index is 1.36. The van der Waals surface area contributed by atoms with Crippen molar-refractivity contribution in [1.29, 1.82) is 0 Å². The third-order valence-corrected chi connectivity index (χ3v) is 4.64. The van der Waals surface area contributed by atoms with Crippen LogP contribution >= 0.6 is 0 Å². The lowest BCUT2D eigenvalue weighted by Gasteiger charge is -2.08. The first kappa shape index (κ1) is 19.7. The molecule has 0 saturated heterocycles. The normalized spacial score (nSPS) is 10.8. The van der Waals surface area contributed by atoms with E-state index in [9.17, 15) is 9.59 Å². The summed E-state index contributed by atoms with van der Waals surface area (Å²) in [6.45, 7) is 3.95. The fourth-order valence-electron chi connectivity index (χ4n) is 3.18. The molecule has 0 aliphatic rings. The molecule has 2 aromatic carbocycles. The van der Waals surface area contributed by atoms with E-state index in [0.29, 0.717) is 18.7 Å². The van der Waals surface area contributed by atoms with E-state index in [1.807, 2.05) is 19.1 Å². The predicted octanol–water partition coefficient (Wildman–Crippen LogP) is 4.21. The zero-order chi connectivity index (χ0) is 19.8. The molecular weight excluding hydrogens is 352 g/mol. The van der Waals surface area contributed by atoms with Gasteiger partial charge in [-0.25, -0.2) is 0 Å². The molecule has 1 heterocycles.